The fourth-order valence-corrected chi connectivity index (χ4v) is 11.9. The van der Waals surface area contributed by atoms with E-state index in [9.17, 15) is 37.9 Å². The molecule has 21 heteroatoms. The summed E-state index contributed by atoms with van der Waals surface area (Å²) >= 11 is 3.54. The maximum atomic E-state index is 14.5. The molecule has 18 nitrogen and oxygen atoms in total. The second kappa shape index (κ2) is 20.3. The first-order valence-corrected chi connectivity index (χ1v) is 26.2. The molecule has 3 aliphatic heterocycles. The summed E-state index contributed by atoms with van der Waals surface area (Å²) < 4.78 is 43.6. The van der Waals surface area contributed by atoms with E-state index in [0.29, 0.717) is 73.2 Å². The Morgan fingerprint density at radius 1 is 1.00 bits per heavy atom. The van der Waals surface area contributed by atoms with Crippen molar-refractivity contribution in [2.24, 2.45) is 23.2 Å². The van der Waals surface area contributed by atoms with Crippen LogP contribution in [0.1, 0.15) is 109 Å². The van der Waals surface area contributed by atoms with Crippen LogP contribution in [0.15, 0.2) is 76.0 Å². The number of β-amino-alcohol motifs (C(OH)–C–C–N with tert-alkyl or cyclic N) is 1. The summed E-state index contributed by atoms with van der Waals surface area (Å²) in [4.78, 5) is 72.9. The molecule has 2 aliphatic carbocycles. The minimum absolute atomic E-state index is 0.00433. The number of nitrogens with zero attached hydrogens (tertiary/aromatic N) is 7. The van der Waals surface area contributed by atoms with Crippen molar-refractivity contribution in [2.45, 2.75) is 115 Å². The van der Waals surface area contributed by atoms with Gasteiger partial charge in [-0.25, -0.2) is 8.78 Å². The minimum atomic E-state index is -2.78. The van der Waals surface area contributed by atoms with Gasteiger partial charge in [0.25, 0.3) is 11.8 Å². The molecule has 0 spiro atoms. The third kappa shape index (κ3) is 9.96. The van der Waals surface area contributed by atoms with Crippen LogP contribution in [0.2, 0.25) is 0 Å². The molecule has 6 heterocycles. The third-order valence-electron chi connectivity index (χ3n) is 15.9. The van der Waals surface area contributed by atoms with Gasteiger partial charge in [0.1, 0.15) is 29.6 Å². The van der Waals surface area contributed by atoms with Crippen LogP contribution >= 0.6 is 15.9 Å². The highest BCUT2D eigenvalue weighted by molar-refractivity contribution is 9.10. The number of amides is 5. The maximum Gasteiger partial charge on any atom is 0.276 e. The molecule has 10 rings (SSSR count). The van der Waals surface area contributed by atoms with Crippen molar-refractivity contribution in [1.29, 1.82) is 0 Å². The van der Waals surface area contributed by atoms with Crippen molar-refractivity contribution in [3.63, 3.8) is 0 Å². The summed E-state index contributed by atoms with van der Waals surface area (Å²) in [7, 11) is 0. The number of nitrogens with one attached hydrogen (secondary N) is 3. The average Bonchev–Trinajstić information content (AvgIpc) is 4.08. The fourth-order valence-electron chi connectivity index (χ4n) is 11.5. The molecule has 3 aromatic heterocycles. The van der Waals surface area contributed by atoms with E-state index in [0.717, 1.165) is 15.6 Å². The van der Waals surface area contributed by atoms with Crippen molar-refractivity contribution in [1.82, 2.24) is 45.2 Å². The van der Waals surface area contributed by atoms with Gasteiger partial charge < -0.3 is 39.7 Å². The van der Waals surface area contributed by atoms with Crippen molar-refractivity contribution >= 4 is 51.2 Å². The van der Waals surface area contributed by atoms with Gasteiger partial charge in [-0.05, 0) is 37.0 Å². The predicted molar refractivity (Wildman–Crippen MR) is 268 cm³/mol. The van der Waals surface area contributed by atoms with Gasteiger partial charge in [0.2, 0.25) is 23.6 Å². The number of H-pyrrole nitrogens is 1. The van der Waals surface area contributed by atoms with E-state index in [4.69, 9.17) is 9.26 Å². The van der Waals surface area contributed by atoms with Crippen LogP contribution in [0.3, 0.4) is 0 Å². The molecule has 5 amide bonds. The quantitative estimate of drug-likeness (QED) is 0.0871. The monoisotopic (exact) mass is 1080 g/mol. The lowest BCUT2D eigenvalue weighted by Crippen LogP contribution is -2.53. The van der Waals surface area contributed by atoms with E-state index in [1.807, 2.05) is 62.4 Å². The molecule has 4 fully saturated rings. The molecular formula is C53H61BrF2N10O8. The van der Waals surface area contributed by atoms with E-state index < -0.39 is 41.2 Å². The van der Waals surface area contributed by atoms with E-state index in [2.05, 4.69) is 47.0 Å². The number of alkyl halides is 2. The third-order valence-corrected chi connectivity index (χ3v) is 16.4. The van der Waals surface area contributed by atoms with Crippen LogP contribution in [0, 0.1) is 30.1 Å². The number of likely N-dealkylation sites (tertiary alicyclic amines) is 3. The number of ether oxygens (including phenoxy) is 1. The standard InChI is InChI=1S/C53H61BrF2N10O8/c1-29(2)46(42-18-30(3)62-74-42)51(72)65-28-36(67)20-40(65)49(70)57-23-32-10-11-34(54)19-41(32)73-37-14-16-63(17-15-37)44(68)12-13-45(69)64-25-33(26-64)48(31-8-6-5-7-9-31)66-27-35(24-58-66)59-50(71)47-38-21-43-52(4,53(43,55)56)22-39(38)60-61-47/h5-11,18-19,24,27,29,33,36-37,40,43,46,48,67H,12-17,20-23,25-26,28H2,1-4H3,(H,57,70)(H,59,71)(H,60,61)/t36?,40?,43-,46?,48+,52+/m0/s1. The van der Waals surface area contributed by atoms with E-state index >= 15 is 0 Å². The van der Waals surface area contributed by atoms with Crippen LogP contribution in [-0.4, -0.2) is 131 Å². The highest BCUT2D eigenvalue weighted by Crippen LogP contribution is 2.70. The zero-order chi connectivity index (χ0) is 52.2. The lowest BCUT2D eigenvalue weighted by atomic mass is 9.86. The second-order valence-corrected chi connectivity index (χ2v) is 22.2. The smallest absolute Gasteiger partial charge is 0.276 e. The molecule has 392 valence electrons. The molecule has 0 radical (unpaired) electrons. The van der Waals surface area contributed by atoms with Gasteiger partial charge in [0.05, 0.1) is 29.7 Å². The Morgan fingerprint density at radius 2 is 1.73 bits per heavy atom. The zero-order valence-electron chi connectivity index (χ0n) is 41.7. The summed E-state index contributed by atoms with van der Waals surface area (Å²) in [6.45, 7) is 9.12. The van der Waals surface area contributed by atoms with Gasteiger partial charge in [-0.1, -0.05) is 78.3 Å². The minimum Gasteiger partial charge on any atom is -0.490 e. The van der Waals surface area contributed by atoms with Crippen LogP contribution in [0.5, 0.6) is 5.75 Å². The summed E-state index contributed by atoms with van der Waals surface area (Å²) in [6, 6.07) is 15.9. The number of fused-ring (bicyclic) bond motifs is 2. The average molecular weight is 1080 g/mol. The maximum absolute atomic E-state index is 14.5. The van der Waals surface area contributed by atoms with Crippen LogP contribution in [0.4, 0.5) is 14.5 Å². The number of aryl methyl sites for hydroxylation is 1. The molecule has 3 saturated heterocycles. The molecule has 0 bridgehead atoms. The summed E-state index contributed by atoms with van der Waals surface area (Å²) in [5, 5.41) is 32.0. The Labute approximate surface area is 435 Å². The number of halogens is 3. The number of hydrogen-bond acceptors (Lipinski definition) is 11. The van der Waals surface area contributed by atoms with Gasteiger partial charge in [0.15, 0.2) is 5.69 Å². The number of carbonyl (C=O) groups excluding carboxylic acids is 5. The number of aromatic amines is 1. The first-order valence-electron chi connectivity index (χ1n) is 25.4. The van der Waals surface area contributed by atoms with Crippen LogP contribution in [-0.2, 0) is 38.6 Å². The molecular weight excluding hydrogens is 1020 g/mol. The highest BCUT2D eigenvalue weighted by Gasteiger charge is 2.78. The Balaban J connectivity index is 0.686. The van der Waals surface area contributed by atoms with Crippen molar-refractivity contribution in [3.05, 3.63) is 111 Å². The molecule has 2 aromatic carbocycles. The largest absolute Gasteiger partial charge is 0.490 e. The number of piperidine rings is 1. The predicted octanol–water partition coefficient (Wildman–Crippen LogP) is 6.20. The highest BCUT2D eigenvalue weighted by atomic mass is 79.9. The van der Waals surface area contributed by atoms with Crippen LogP contribution in [0.25, 0.3) is 0 Å². The van der Waals surface area contributed by atoms with Gasteiger partial charge >= 0.3 is 0 Å². The van der Waals surface area contributed by atoms with E-state index in [-0.39, 0.29) is 98.5 Å². The lowest BCUT2D eigenvalue weighted by Gasteiger charge is -2.43. The Bertz CT molecular complexity index is 2930. The number of anilines is 1. The Morgan fingerprint density at radius 3 is 2.43 bits per heavy atom. The van der Waals surface area contributed by atoms with Crippen molar-refractivity contribution in [3.8, 4) is 5.75 Å². The van der Waals surface area contributed by atoms with Gasteiger partial charge in [0, 0.05) is 129 Å². The summed E-state index contributed by atoms with van der Waals surface area (Å²) in [5.41, 5.74) is 2.87. The first-order chi connectivity index (χ1) is 35.4. The van der Waals surface area contributed by atoms with Gasteiger partial charge in [-0.3, -0.25) is 33.8 Å². The molecule has 1 saturated carbocycles. The van der Waals surface area contributed by atoms with E-state index in [1.54, 1.807) is 40.6 Å². The van der Waals surface area contributed by atoms with Crippen molar-refractivity contribution in [2.75, 3.05) is 38.0 Å². The van der Waals surface area contributed by atoms with E-state index in [1.165, 1.54) is 11.1 Å². The molecule has 3 unspecified atom stereocenters. The number of aliphatic hydroxyl groups is 1. The number of rotatable bonds is 16. The first kappa shape index (κ1) is 51.0. The normalized spacial score (nSPS) is 23.1. The Hall–Kier alpha value is -6.48. The fraction of sp³-hybridized carbons (Fsp3) is 0.509. The molecule has 6 atom stereocenters. The zero-order valence-corrected chi connectivity index (χ0v) is 43.3. The summed E-state index contributed by atoms with van der Waals surface area (Å²) in [6.07, 6.45) is 3.82. The summed E-state index contributed by atoms with van der Waals surface area (Å²) in [5.74, 6) is -4.81. The SMILES string of the molecule is Cc1cc(C(C(=O)N2CC(O)CC2C(=O)NCc2ccc(Br)cc2OC2CCN(C(=O)CCC(=O)N3CC([C@@H](c4ccccc4)n4cc(NC(=O)c5n[nH]c6c5C[C@@H]5C(F)(F)[C@]5(C)C6)cn4)C3)CC2)C(C)C)on1. The van der Waals surface area contributed by atoms with Crippen molar-refractivity contribution < 1.29 is 47.1 Å². The molecule has 4 N–H and O–H groups in total. The number of benzene rings is 2. The van der Waals surface area contributed by atoms with Gasteiger partial charge in [-0.2, -0.15) is 10.2 Å². The van der Waals surface area contributed by atoms with Crippen LogP contribution < -0.4 is 15.4 Å². The lowest BCUT2D eigenvalue weighted by molar-refractivity contribution is -0.142. The second-order valence-electron chi connectivity index (χ2n) is 21.2. The Kier molecular flexibility index (Phi) is 14.0. The molecule has 5 aliphatic rings. The number of carbonyl (C=O) groups is 5. The van der Waals surface area contributed by atoms with Gasteiger partial charge in [-0.15, -0.1) is 0 Å². The molecule has 5 aromatic rings. The number of aromatic nitrogens is 5. The topological polar surface area (TPSA) is 221 Å². The molecule has 74 heavy (non-hydrogen) atoms. The number of aliphatic hydroxyl groups excluding tert-OH is 1. The number of hydrogen-bond donors (Lipinski definition) is 4.